The molecule has 2 aliphatic heterocycles. The average Bonchev–Trinajstić information content (AvgIpc) is 3.33. The van der Waals surface area contributed by atoms with Gasteiger partial charge in [-0.15, -0.1) is 0 Å². The van der Waals surface area contributed by atoms with Gasteiger partial charge in [0, 0.05) is 26.1 Å². The molecule has 0 radical (unpaired) electrons. The summed E-state index contributed by atoms with van der Waals surface area (Å²) in [5.41, 5.74) is 2.38. The first-order chi connectivity index (χ1) is 18.7. The first kappa shape index (κ1) is 27.0. The molecule has 3 heterocycles. The number of hydrogen-bond acceptors (Lipinski definition) is 7. The number of carbonyl (C=O) groups is 1. The third kappa shape index (κ3) is 5.86. The van der Waals surface area contributed by atoms with Crippen molar-refractivity contribution in [3.63, 3.8) is 0 Å². The van der Waals surface area contributed by atoms with Crippen LogP contribution in [0.5, 0.6) is 11.5 Å². The molecular weight excluding hydrogens is 518 g/mol. The van der Waals surface area contributed by atoms with Gasteiger partial charge in [0.05, 0.1) is 6.54 Å². The summed E-state index contributed by atoms with van der Waals surface area (Å²) in [5.74, 6) is 1.29. The zero-order valence-electron chi connectivity index (χ0n) is 22.4. The van der Waals surface area contributed by atoms with Crippen LogP contribution in [0.4, 0.5) is 0 Å². The van der Waals surface area contributed by atoms with Crippen LogP contribution in [-0.4, -0.2) is 68.1 Å². The largest absolute Gasteiger partial charge is 0.486 e. The van der Waals surface area contributed by atoms with Gasteiger partial charge in [0.15, 0.2) is 28.3 Å². The van der Waals surface area contributed by atoms with Crippen LogP contribution in [0, 0.1) is 19.8 Å². The summed E-state index contributed by atoms with van der Waals surface area (Å²) in [4.78, 5) is 14.9. The number of para-hydroxylation sites is 2. The quantitative estimate of drug-likeness (QED) is 0.435. The van der Waals surface area contributed by atoms with Gasteiger partial charge in [-0.1, -0.05) is 53.2 Å². The Balaban J connectivity index is 1.20. The number of likely N-dealkylation sites (N-methyl/N-ethyl adjacent to an activating group) is 1. The topological polar surface area (TPSA) is 102 Å². The molecule has 1 saturated heterocycles. The number of hydrogen-bond donors (Lipinski definition) is 0. The molecule has 5 rings (SSSR count). The molecule has 0 bridgehead atoms. The standard InChI is InChI=1S/C29H33N3O6S/c1-20-8-10-22(11-9-20)12-13-27-28(21(2)30-38-27)39(34,35)32-16-14-23(15-17-32)29(33)31(3)18-24-19-36-25-6-4-5-7-26(25)37-24/h4-13,23-24H,14-19H2,1-3H3/b13-12+/t24-/m0/s1. The number of sulfonamides is 1. The number of carbonyl (C=O) groups excluding carboxylic acids is 1. The Labute approximate surface area is 229 Å². The molecule has 0 N–H and O–H groups in total. The van der Waals surface area contributed by atoms with Crippen LogP contribution in [0.2, 0.25) is 0 Å². The first-order valence-electron chi connectivity index (χ1n) is 13.1. The lowest BCUT2D eigenvalue weighted by molar-refractivity contribution is -0.136. The average molecular weight is 552 g/mol. The number of ether oxygens (including phenoxy) is 2. The molecule has 1 fully saturated rings. The Kier molecular flexibility index (Phi) is 7.76. The van der Waals surface area contributed by atoms with E-state index in [0.717, 1.165) is 11.1 Å². The number of rotatable bonds is 7. The number of aryl methyl sites for hydroxylation is 2. The van der Waals surface area contributed by atoms with Crippen molar-refractivity contribution in [1.29, 1.82) is 0 Å². The molecule has 1 aromatic heterocycles. The van der Waals surface area contributed by atoms with Crippen molar-refractivity contribution in [2.45, 2.75) is 37.7 Å². The number of nitrogens with zero attached hydrogens (tertiary/aromatic N) is 3. The SMILES string of the molecule is Cc1ccc(/C=C/c2onc(C)c2S(=O)(=O)N2CCC(C(=O)N(C)C[C@H]3COc4ccccc4O3)CC2)cc1. The molecular formula is C29H33N3O6S. The Morgan fingerprint density at radius 2 is 1.74 bits per heavy atom. The van der Waals surface area contributed by atoms with E-state index in [1.165, 1.54) is 4.31 Å². The normalized spacial score (nSPS) is 18.4. The van der Waals surface area contributed by atoms with E-state index < -0.39 is 10.0 Å². The molecule has 0 unspecified atom stereocenters. The number of piperidine rings is 1. The molecule has 1 atom stereocenters. The van der Waals surface area contributed by atoms with Gasteiger partial charge in [-0.2, -0.15) is 4.31 Å². The highest BCUT2D eigenvalue weighted by Gasteiger charge is 2.37. The number of fused-ring (bicyclic) bond motifs is 1. The maximum absolute atomic E-state index is 13.6. The summed E-state index contributed by atoms with van der Waals surface area (Å²) >= 11 is 0. The number of benzene rings is 2. The molecule has 206 valence electrons. The van der Waals surface area contributed by atoms with Gasteiger partial charge in [-0.3, -0.25) is 4.79 Å². The molecule has 0 aliphatic carbocycles. The second-order valence-electron chi connectivity index (χ2n) is 10.1. The van der Waals surface area contributed by atoms with Crippen molar-refractivity contribution in [1.82, 2.24) is 14.4 Å². The maximum Gasteiger partial charge on any atom is 0.248 e. The van der Waals surface area contributed by atoms with Crippen LogP contribution < -0.4 is 9.47 Å². The third-order valence-electron chi connectivity index (χ3n) is 7.16. The van der Waals surface area contributed by atoms with E-state index in [-0.39, 0.29) is 41.7 Å². The number of amides is 1. The molecule has 10 heteroatoms. The van der Waals surface area contributed by atoms with E-state index in [0.29, 0.717) is 43.2 Å². The third-order valence-corrected chi connectivity index (χ3v) is 9.22. The molecule has 2 aliphatic rings. The highest BCUT2D eigenvalue weighted by atomic mass is 32.2. The van der Waals surface area contributed by atoms with E-state index >= 15 is 0 Å². The van der Waals surface area contributed by atoms with Crippen LogP contribution >= 0.6 is 0 Å². The first-order valence-corrected chi connectivity index (χ1v) is 14.5. The highest BCUT2D eigenvalue weighted by Crippen LogP contribution is 2.32. The van der Waals surface area contributed by atoms with Gasteiger partial charge in [0.25, 0.3) is 0 Å². The van der Waals surface area contributed by atoms with Crippen LogP contribution in [0.25, 0.3) is 12.2 Å². The van der Waals surface area contributed by atoms with E-state index in [1.54, 1.807) is 31.0 Å². The molecule has 0 saturated carbocycles. The summed E-state index contributed by atoms with van der Waals surface area (Å²) in [5, 5.41) is 3.93. The number of aromatic nitrogens is 1. The van der Waals surface area contributed by atoms with E-state index in [9.17, 15) is 13.2 Å². The Hall–Kier alpha value is -3.63. The van der Waals surface area contributed by atoms with Crippen LogP contribution in [0.15, 0.2) is 57.9 Å². The molecule has 9 nitrogen and oxygen atoms in total. The summed E-state index contributed by atoms with van der Waals surface area (Å²) in [6, 6.07) is 15.3. The smallest absolute Gasteiger partial charge is 0.248 e. The fourth-order valence-electron chi connectivity index (χ4n) is 4.98. The van der Waals surface area contributed by atoms with Gasteiger partial charge in [0.2, 0.25) is 15.9 Å². The van der Waals surface area contributed by atoms with Crippen molar-refractivity contribution in [2.75, 3.05) is 33.3 Å². The lowest BCUT2D eigenvalue weighted by Gasteiger charge is -2.34. The zero-order valence-corrected chi connectivity index (χ0v) is 23.2. The predicted molar refractivity (Wildman–Crippen MR) is 147 cm³/mol. The minimum atomic E-state index is -3.85. The summed E-state index contributed by atoms with van der Waals surface area (Å²) in [6.45, 7) is 4.88. The van der Waals surface area contributed by atoms with Crippen molar-refractivity contribution in [3.05, 3.63) is 71.1 Å². The minimum Gasteiger partial charge on any atom is -0.486 e. The van der Waals surface area contributed by atoms with Crippen molar-refractivity contribution in [3.8, 4) is 11.5 Å². The fraction of sp³-hybridized carbons (Fsp3) is 0.379. The lowest BCUT2D eigenvalue weighted by Crippen LogP contribution is -2.47. The van der Waals surface area contributed by atoms with Crippen molar-refractivity contribution >= 4 is 28.1 Å². The van der Waals surface area contributed by atoms with Gasteiger partial charge in [-0.05, 0) is 50.5 Å². The van der Waals surface area contributed by atoms with Crippen molar-refractivity contribution in [2.24, 2.45) is 5.92 Å². The summed E-state index contributed by atoms with van der Waals surface area (Å²) < 4.78 is 45.7. The molecule has 39 heavy (non-hydrogen) atoms. The molecule has 1 amide bonds. The minimum absolute atomic E-state index is 0.0163. The van der Waals surface area contributed by atoms with Gasteiger partial charge in [0.1, 0.15) is 12.3 Å². The van der Waals surface area contributed by atoms with Crippen LogP contribution in [0.3, 0.4) is 0 Å². The summed E-state index contributed by atoms with van der Waals surface area (Å²) in [7, 11) is -2.09. The van der Waals surface area contributed by atoms with Crippen LogP contribution in [-0.2, 0) is 14.8 Å². The van der Waals surface area contributed by atoms with Crippen LogP contribution in [0.1, 0.15) is 35.4 Å². The van der Waals surface area contributed by atoms with Crippen molar-refractivity contribution < 1.29 is 27.2 Å². The second kappa shape index (κ2) is 11.2. The molecule has 2 aromatic carbocycles. The molecule has 0 spiro atoms. The summed E-state index contributed by atoms with van der Waals surface area (Å²) in [6.07, 6.45) is 4.05. The zero-order chi connectivity index (χ0) is 27.6. The predicted octanol–water partition coefficient (Wildman–Crippen LogP) is 4.16. The van der Waals surface area contributed by atoms with E-state index in [1.807, 2.05) is 55.5 Å². The Bertz CT molecular complexity index is 1460. The van der Waals surface area contributed by atoms with E-state index in [4.69, 9.17) is 14.0 Å². The lowest BCUT2D eigenvalue weighted by atomic mass is 9.96. The Morgan fingerprint density at radius 3 is 2.46 bits per heavy atom. The van der Waals surface area contributed by atoms with E-state index in [2.05, 4.69) is 5.16 Å². The van der Waals surface area contributed by atoms with Gasteiger partial charge in [-0.25, -0.2) is 8.42 Å². The Morgan fingerprint density at radius 1 is 1.05 bits per heavy atom. The maximum atomic E-state index is 13.6. The highest BCUT2D eigenvalue weighted by molar-refractivity contribution is 7.89. The second-order valence-corrected chi connectivity index (χ2v) is 12.0. The van der Waals surface area contributed by atoms with Gasteiger partial charge >= 0.3 is 0 Å². The van der Waals surface area contributed by atoms with Gasteiger partial charge < -0.3 is 18.9 Å². The fourth-order valence-corrected chi connectivity index (χ4v) is 6.70. The molecule has 3 aromatic rings. The monoisotopic (exact) mass is 551 g/mol.